The minimum absolute atomic E-state index is 0. The molecule has 1 unspecified atom stereocenters. The standard InChI is InChI=1S/C14H24N4O.2ClH/c1-10-13(11(2)17(3)16-10)6-7-14(19)18-8-4-5-12(18)9-15;;/h12H,4-9,15H2,1-3H3;2*1H. The monoisotopic (exact) mass is 336 g/mol. The van der Waals surface area contributed by atoms with Gasteiger partial charge in [-0.05, 0) is 38.7 Å². The molecule has 0 aromatic carbocycles. The number of rotatable bonds is 4. The molecule has 0 saturated carbocycles. The molecule has 0 bridgehead atoms. The third kappa shape index (κ3) is 4.34. The quantitative estimate of drug-likeness (QED) is 0.911. The van der Waals surface area contributed by atoms with Gasteiger partial charge in [0, 0.05) is 38.3 Å². The molecule has 2 heterocycles. The number of nitrogens with zero attached hydrogens (tertiary/aromatic N) is 3. The lowest BCUT2D eigenvalue weighted by molar-refractivity contribution is -0.131. The summed E-state index contributed by atoms with van der Waals surface area (Å²) in [6.07, 6.45) is 3.47. The molecule has 1 aromatic heterocycles. The van der Waals surface area contributed by atoms with Gasteiger partial charge in [-0.15, -0.1) is 24.8 Å². The van der Waals surface area contributed by atoms with Gasteiger partial charge in [0.1, 0.15) is 0 Å². The Kier molecular flexibility index (Phi) is 8.29. The number of aryl methyl sites for hydroxylation is 2. The van der Waals surface area contributed by atoms with Crippen molar-refractivity contribution in [2.75, 3.05) is 13.1 Å². The molecule has 1 atom stereocenters. The predicted molar refractivity (Wildman–Crippen MR) is 89.3 cm³/mol. The predicted octanol–water partition coefficient (Wildman–Crippen LogP) is 1.76. The molecule has 0 spiro atoms. The lowest BCUT2D eigenvalue weighted by atomic mass is 10.1. The summed E-state index contributed by atoms with van der Waals surface area (Å²) in [6.45, 7) is 5.51. The molecule has 2 rings (SSSR count). The Labute approximate surface area is 139 Å². The average molecular weight is 337 g/mol. The van der Waals surface area contributed by atoms with Crippen molar-refractivity contribution in [1.82, 2.24) is 14.7 Å². The molecule has 122 valence electrons. The lowest BCUT2D eigenvalue weighted by Gasteiger charge is -2.23. The summed E-state index contributed by atoms with van der Waals surface area (Å²) in [4.78, 5) is 14.2. The summed E-state index contributed by atoms with van der Waals surface area (Å²) in [7, 11) is 1.94. The zero-order valence-electron chi connectivity index (χ0n) is 13.0. The van der Waals surface area contributed by atoms with Gasteiger partial charge in [-0.3, -0.25) is 9.48 Å². The molecule has 1 saturated heterocycles. The summed E-state index contributed by atoms with van der Waals surface area (Å²) in [5.41, 5.74) is 9.11. The first-order chi connectivity index (χ1) is 9.04. The van der Waals surface area contributed by atoms with Gasteiger partial charge in [0.15, 0.2) is 0 Å². The molecule has 21 heavy (non-hydrogen) atoms. The summed E-state index contributed by atoms with van der Waals surface area (Å²) < 4.78 is 1.88. The maximum atomic E-state index is 12.3. The average Bonchev–Trinajstić information content (AvgIpc) is 2.94. The SMILES string of the molecule is Cc1nn(C)c(C)c1CCC(=O)N1CCCC1CN.Cl.Cl. The highest BCUT2D eigenvalue weighted by molar-refractivity contribution is 5.85. The van der Waals surface area contributed by atoms with E-state index in [0.29, 0.717) is 13.0 Å². The van der Waals surface area contributed by atoms with E-state index in [2.05, 4.69) is 12.0 Å². The molecule has 5 nitrogen and oxygen atoms in total. The van der Waals surface area contributed by atoms with Crippen molar-refractivity contribution in [2.24, 2.45) is 12.8 Å². The summed E-state index contributed by atoms with van der Waals surface area (Å²) >= 11 is 0. The van der Waals surface area contributed by atoms with E-state index in [-0.39, 0.29) is 36.8 Å². The highest BCUT2D eigenvalue weighted by Gasteiger charge is 2.27. The van der Waals surface area contributed by atoms with Crippen molar-refractivity contribution < 1.29 is 4.79 Å². The van der Waals surface area contributed by atoms with E-state index >= 15 is 0 Å². The van der Waals surface area contributed by atoms with Crippen LogP contribution in [0.4, 0.5) is 0 Å². The smallest absolute Gasteiger partial charge is 0.223 e. The molecular weight excluding hydrogens is 311 g/mol. The Morgan fingerprint density at radius 1 is 1.38 bits per heavy atom. The van der Waals surface area contributed by atoms with E-state index in [9.17, 15) is 4.79 Å². The largest absolute Gasteiger partial charge is 0.338 e. The number of nitrogens with two attached hydrogens (primary N) is 1. The summed E-state index contributed by atoms with van der Waals surface area (Å²) in [5, 5.41) is 4.39. The zero-order chi connectivity index (χ0) is 14.0. The first-order valence-electron chi connectivity index (χ1n) is 7.03. The molecular formula is C14H26Cl2N4O. The Balaban J connectivity index is 0.00000200. The molecule has 1 amide bonds. The molecule has 1 aliphatic heterocycles. The first-order valence-corrected chi connectivity index (χ1v) is 7.03. The highest BCUT2D eigenvalue weighted by Crippen LogP contribution is 2.19. The van der Waals surface area contributed by atoms with Crippen molar-refractivity contribution in [1.29, 1.82) is 0 Å². The molecule has 2 N–H and O–H groups in total. The Hall–Kier alpha value is -0.780. The van der Waals surface area contributed by atoms with Crippen molar-refractivity contribution in [3.63, 3.8) is 0 Å². The molecule has 1 fully saturated rings. The fraction of sp³-hybridized carbons (Fsp3) is 0.714. The van der Waals surface area contributed by atoms with Crippen LogP contribution < -0.4 is 5.73 Å². The van der Waals surface area contributed by atoms with E-state index < -0.39 is 0 Å². The van der Waals surface area contributed by atoms with Crippen molar-refractivity contribution in [3.8, 4) is 0 Å². The van der Waals surface area contributed by atoms with Gasteiger partial charge in [-0.1, -0.05) is 0 Å². The van der Waals surface area contributed by atoms with Gasteiger partial charge < -0.3 is 10.6 Å². The number of halogens is 2. The van der Waals surface area contributed by atoms with E-state index in [1.807, 2.05) is 23.6 Å². The minimum atomic E-state index is 0. The van der Waals surface area contributed by atoms with Crippen molar-refractivity contribution in [2.45, 2.75) is 45.6 Å². The number of hydrogen-bond acceptors (Lipinski definition) is 3. The van der Waals surface area contributed by atoms with Crippen LogP contribution in [0.3, 0.4) is 0 Å². The molecule has 1 aromatic rings. The van der Waals surface area contributed by atoms with Gasteiger partial charge in [0.25, 0.3) is 0 Å². The second kappa shape index (κ2) is 8.61. The number of hydrogen-bond donors (Lipinski definition) is 1. The van der Waals surface area contributed by atoms with E-state index in [4.69, 9.17) is 5.73 Å². The number of carbonyl (C=O) groups is 1. The highest BCUT2D eigenvalue weighted by atomic mass is 35.5. The van der Waals surface area contributed by atoms with Crippen molar-refractivity contribution in [3.05, 3.63) is 17.0 Å². The van der Waals surface area contributed by atoms with Gasteiger partial charge in [-0.25, -0.2) is 0 Å². The molecule has 7 heteroatoms. The van der Waals surface area contributed by atoms with Crippen LogP contribution >= 0.6 is 24.8 Å². The van der Waals surface area contributed by atoms with Crippen LogP contribution in [0.5, 0.6) is 0 Å². The van der Waals surface area contributed by atoms with E-state index in [0.717, 1.165) is 37.2 Å². The van der Waals surface area contributed by atoms with Crippen molar-refractivity contribution >= 4 is 30.7 Å². The number of carbonyl (C=O) groups excluding carboxylic acids is 1. The van der Waals surface area contributed by atoms with E-state index in [1.165, 1.54) is 5.56 Å². The molecule has 0 aliphatic carbocycles. The van der Waals surface area contributed by atoms with Crippen LogP contribution in [0.15, 0.2) is 0 Å². The van der Waals surface area contributed by atoms with Crippen LogP contribution in [0, 0.1) is 13.8 Å². The molecule has 1 aliphatic rings. The maximum Gasteiger partial charge on any atom is 0.223 e. The second-order valence-electron chi connectivity index (χ2n) is 5.39. The van der Waals surface area contributed by atoms with Crippen LogP contribution in [-0.2, 0) is 18.3 Å². The van der Waals surface area contributed by atoms with E-state index in [1.54, 1.807) is 0 Å². The summed E-state index contributed by atoms with van der Waals surface area (Å²) in [5.74, 6) is 0.232. The zero-order valence-corrected chi connectivity index (χ0v) is 14.6. The van der Waals surface area contributed by atoms with Gasteiger partial charge in [-0.2, -0.15) is 5.10 Å². The Morgan fingerprint density at radius 2 is 2.05 bits per heavy atom. The first kappa shape index (κ1) is 20.2. The third-order valence-corrected chi connectivity index (χ3v) is 4.22. The minimum Gasteiger partial charge on any atom is -0.338 e. The maximum absolute atomic E-state index is 12.3. The fourth-order valence-corrected chi connectivity index (χ4v) is 2.96. The van der Waals surface area contributed by atoms with Crippen LogP contribution in [-0.4, -0.2) is 39.7 Å². The summed E-state index contributed by atoms with van der Waals surface area (Å²) in [6, 6.07) is 0.253. The second-order valence-corrected chi connectivity index (χ2v) is 5.39. The van der Waals surface area contributed by atoms with Crippen LogP contribution in [0.25, 0.3) is 0 Å². The number of aromatic nitrogens is 2. The van der Waals surface area contributed by atoms with Gasteiger partial charge >= 0.3 is 0 Å². The fourth-order valence-electron chi connectivity index (χ4n) is 2.96. The van der Waals surface area contributed by atoms with Gasteiger partial charge in [0.2, 0.25) is 5.91 Å². The Morgan fingerprint density at radius 3 is 2.57 bits per heavy atom. The third-order valence-electron chi connectivity index (χ3n) is 4.22. The lowest BCUT2D eigenvalue weighted by Crippen LogP contribution is -2.40. The van der Waals surface area contributed by atoms with Crippen LogP contribution in [0.2, 0.25) is 0 Å². The number of amides is 1. The van der Waals surface area contributed by atoms with Gasteiger partial charge in [0.05, 0.1) is 5.69 Å². The molecule has 0 radical (unpaired) electrons. The normalized spacial score (nSPS) is 17.3. The topological polar surface area (TPSA) is 64.2 Å². The Bertz CT molecular complexity index is 476. The van der Waals surface area contributed by atoms with Crippen LogP contribution in [0.1, 0.15) is 36.2 Å². The number of likely N-dealkylation sites (tertiary alicyclic amines) is 1.